The zero-order valence-corrected chi connectivity index (χ0v) is 21.4. The summed E-state index contributed by atoms with van der Waals surface area (Å²) < 4.78 is 0. The number of nitro benzene ring substituents is 2. The molecule has 3 aromatic carbocycles. The zero-order valence-electron chi connectivity index (χ0n) is 20.6. The molecule has 0 spiro atoms. The highest BCUT2D eigenvalue weighted by Crippen LogP contribution is 2.28. The number of halogens is 1. The van der Waals surface area contributed by atoms with Gasteiger partial charge in [0.2, 0.25) is 0 Å². The van der Waals surface area contributed by atoms with Crippen molar-refractivity contribution in [2.75, 3.05) is 5.32 Å². The lowest BCUT2D eigenvalue weighted by molar-refractivity contribution is -0.384. The first kappa shape index (κ1) is 26.3. The van der Waals surface area contributed by atoms with Crippen LogP contribution in [0.5, 0.6) is 0 Å². The summed E-state index contributed by atoms with van der Waals surface area (Å²) >= 11 is 5.77. The molecule has 0 amide bonds. The van der Waals surface area contributed by atoms with Gasteiger partial charge >= 0.3 is 0 Å². The highest BCUT2D eigenvalue weighted by molar-refractivity contribution is 6.34. The molecule has 0 aliphatic heterocycles. The number of fused-ring (bicyclic) bond motifs is 2. The van der Waals surface area contributed by atoms with E-state index < -0.39 is 9.85 Å². The van der Waals surface area contributed by atoms with Crippen LogP contribution in [0.4, 0.5) is 22.9 Å². The lowest BCUT2D eigenvalue weighted by Gasteiger charge is -2.19. The molecule has 0 aliphatic rings. The molecule has 2 heterocycles. The molecule has 5 rings (SSSR count). The molecule has 0 unspecified atom stereocenters. The monoisotopic (exact) mass is 531 g/mol. The summed E-state index contributed by atoms with van der Waals surface area (Å²) in [6, 6.07) is 17.0. The van der Waals surface area contributed by atoms with Crippen LogP contribution in [-0.2, 0) is 5.41 Å². The van der Waals surface area contributed by atoms with E-state index in [1.54, 1.807) is 6.07 Å². The first-order chi connectivity index (χ1) is 18.0. The molecule has 0 fully saturated rings. The molecule has 1 N–H and O–H groups in total. The molecule has 0 saturated heterocycles. The topological polar surface area (TPSA) is 150 Å². The number of benzene rings is 3. The second-order valence-electron chi connectivity index (χ2n) is 9.26. The molecule has 38 heavy (non-hydrogen) atoms. The normalized spacial score (nSPS) is 11.1. The fourth-order valence-electron chi connectivity index (χ4n) is 3.58. The van der Waals surface area contributed by atoms with Crippen molar-refractivity contribution in [2.24, 2.45) is 0 Å². The number of nitrogens with zero attached hydrogens (tertiary/aromatic N) is 6. The Morgan fingerprint density at radius 3 is 1.82 bits per heavy atom. The predicted molar refractivity (Wildman–Crippen MR) is 146 cm³/mol. The van der Waals surface area contributed by atoms with Gasteiger partial charge in [0, 0.05) is 40.7 Å². The van der Waals surface area contributed by atoms with Gasteiger partial charge in [0.25, 0.3) is 11.4 Å². The van der Waals surface area contributed by atoms with Gasteiger partial charge in [0.15, 0.2) is 0 Å². The van der Waals surface area contributed by atoms with Crippen LogP contribution in [0.15, 0.2) is 73.3 Å². The van der Waals surface area contributed by atoms with E-state index in [9.17, 15) is 20.2 Å². The van der Waals surface area contributed by atoms with E-state index in [1.807, 2.05) is 12.1 Å². The van der Waals surface area contributed by atoms with Crippen molar-refractivity contribution < 1.29 is 9.85 Å². The van der Waals surface area contributed by atoms with Crippen LogP contribution >= 0.6 is 11.6 Å². The maximum atomic E-state index is 10.9. The smallest absolute Gasteiger partial charge is 0.271 e. The Morgan fingerprint density at radius 1 is 0.737 bits per heavy atom. The molecule has 0 radical (unpaired) electrons. The van der Waals surface area contributed by atoms with Crippen molar-refractivity contribution in [3.05, 3.63) is 104 Å². The third-order valence-electron chi connectivity index (χ3n) is 5.63. The Morgan fingerprint density at radius 2 is 1.26 bits per heavy atom. The molecular weight excluding hydrogens is 510 g/mol. The van der Waals surface area contributed by atoms with Crippen molar-refractivity contribution in [3.63, 3.8) is 0 Å². The van der Waals surface area contributed by atoms with Crippen molar-refractivity contribution in [1.82, 2.24) is 19.9 Å². The van der Waals surface area contributed by atoms with Gasteiger partial charge in [-0.15, -0.1) is 0 Å². The quantitative estimate of drug-likeness (QED) is 0.150. The molecule has 11 nitrogen and oxygen atoms in total. The van der Waals surface area contributed by atoms with E-state index in [1.165, 1.54) is 48.5 Å². The number of nitro groups is 2. The van der Waals surface area contributed by atoms with Gasteiger partial charge in [-0.05, 0) is 35.2 Å². The number of rotatable bonds is 4. The Bertz CT molecular complexity index is 1650. The minimum Gasteiger partial charge on any atom is -0.340 e. The molecule has 0 aliphatic carbocycles. The van der Waals surface area contributed by atoms with Crippen molar-refractivity contribution in [3.8, 4) is 0 Å². The van der Waals surface area contributed by atoms with Gasteiger partial charge in [0.1, 0.15) is 23.6 Å². The Labute approximate surface area is 221 Å². The SMILES string of the molecule is CC(C)(C)c1ccc(Nc2ncnc3cc([N+](=O)[O-])ccc23)cc1.O=[N+]([O-])c1ccc2c(Cl)ncnc2c1. The van der Waals surface area contributed by atoms with Crippen LogP contribution in [0.3, 0.4) is 0 Å². The van der Waals surface area contributed by atoms with Gasteiger partial charge < -0.3 is 5.32 Å². The van der Waals surface area contributed by atoms with Crippen molar-refractivity contribution >= 4 is 56.3 Å². The fraction of sp³-hybridized carbons (Fsp3) is 0.154. The fourth-order valence-corrected chi connectivity index (χ4v) is 3.78. The van der Waals surface area contributed by atoms with Crippen LogP contribution in [0.2, 0.25) is 5.15 Å². The lowest BCUT2D eigenvalue weighted by Crippen LogP contribution is -2.10. The molecular formula is C26H22ClN7O4. The number of hydrogen-bond acceptors (Lipinski definition) is 9. The largest absolute Gasteiger partial charge is 0.340 e. The van der Waals surface area contributed by atoms with Gasteiger partial charge in [-0.25, -0.2) is 19.9 Å². The number of hydrogen-bond donors (Lipinski definition) is 1. The van der Waals surface area contributed by atoms with E-state index in [2.05, 4.69) is 58.2 Å². The van der Waals surface area contributed by atoms with Crippen LogP contribution in [0, 0.1) is 20.2 Å². The summed E-state index contributed by atoms with van der Waals surface area (Å²) in [5, 5.41) is 26.2. The Hall–Kier alpha value is -4.77. The van der Waals surface area contributed by atoms with E-state index in [-0.39, 0.29) is 16.8 Å². The van der Waals surface area contributed by atoms with Crippen molar-refractivity contribution in [1.29, 1.82) is 0 Å². The number of nitrogens with one attached hydrogen (secondary N) is 1. The number of aromatic nitrogens is 4. The minimum absolute atomic E-state index is 0.00716. The van der Waals surface area contributed by atoms with Crippen LogP contribution < -0.4 is 5.32 Å². The van der Waals surface area contributed by atoms with Crippen LogP contribution in [0.1, 0.15) is 26.3 Å². The predicted octanol–water partition coefficient (Wildman–Crippen LogP) is 6.77. The molecule has 192 valence electrons. The highest BCUT2D eigenvalue weighted by Gasteiger charge is 2.14. The molecule has 0 bridgehead atoms. The summed E-state index contributed by atoms with van der Waals surface area (Å²) in [5.74, 6) is 0.624. The van der Waals surface area contributed by atoms with E-state index in [0.717, 1.165) is 11.1 Å². The first-order valence-electron chi connectivity index (χ1n) is 11.3. The summed E-state index contributed by atoms with van der Waals surface area (Å²) in [6.45, 7) is 6.50. The van der Waals surface area contributed by atoms with Crippen molar-refractivity contribution in [2.45, 2.75) is 26.2 Å². The maximum Gasteiger partial charge on any atom is 0.271 e. The van der Waals surface area contributed by atoms with Gasteiger partial charge in [-0.1, -0.05) is 44.5 Å². The van der Waals surface area contributed by atoms with Gasteiger partial charge in [0.05, 0.1) is 20.9 Å². The first-order valence-corrected chi connectivity index (χ1v) is 11.7. The average molecular weight is 532 g/mol. The standard InChI is InChI=1S/C18H18N4O2.C8H4ClN3O2/c1-18(2,3)12-4-6-13(7-5-12)21-17-15-9-8-14(22(23)24)10-16(15)19-11-20-17;9-8-6-2-1-5(12(13)14)3-7(6)10-4-11-8/h4-11H,1-3H3,(H,19,20,21);1-4H. The second-order valence-corrected chi connectivity index (χ2v) is 9.61. The van der Waals surface area contributed by atoms with E-state index in [4.69, 9.17) is 11.6 Å². The minimum atomic E-state index is -0.477. The van der Waals surface area contributed by atoms with E-state index >= 15 is 0 Å². The summed E-state index contributed by atoms with van der Waals surface area (Å²) in [4.78, 5) is 36.5. The third-order valence-corrected chi connectivity index (χ3v) is 5.93. The molecule has 2 aromatic heterocycles. The second kappa shape index (κ2) is 10.7. The zero-order chi connectivity index (χ0) is 27.4. The van der Waals surface area contributed by atoms with Crippen LogP contribution in [-0.4, -0.2) is 29.8 Å². The molecule has 0 saturated carbocycles. The van der Waals surface area contributed by atoms with E-state index in [0.29, 0.717) is 27.4 Å². The Balaban J connectivity index is 0.000000204. The number of anilines is 2. The highest BCUT2D eigenvalue weighted by atomic mass is 35.5. The van der Waals surface area contributed by atoms with Gasteiger partial charge in [-0.3, -0.25) is 20.2 Å². The average Bonchev–Trinajstić information content (AvgIpc) is 2.88. The number of non-ortho nitro benzene ring substituents is 2. The summed E-state index contributed by atoms with van der Waals surface area (Å²) in [7, 11) is 0. The third kappa shape index (κ3) is 5.95. The van der Waals surface area contributed by atoms with Gasteiger partial charge in [-0.2, -0.15) is 0 Å². The summed E-state index contributed by atoms with van der Waals surface area (Å²) in [5.41, 5.74) is 3.26. The molecule has 5 aromatic rings. The van der Waals surface area contributed by atoms with Crippen LogP contribution in [0.25, 0.3) is 21.8 Å². The Kier molecular flexibility index (Phi) is 7.40. The molecule has 0 atom stereocenters. The molecule has 12 heteroatoms. The lowest BCUT2D eigenvalue weighted by atomic mass is 9.87. The maximum absolute atomic E-state index is 10.9. The summed E-state index contributed by atoms with van der Waals surface area (Å²) in [6.07, 6.45) is 2.67.